The summed E-state index contributed by atoms with van der Waals surface area (Å²) >= 11 is 7.75. The van der Waals surface area contributed by atoms with Gasteiger partial charge in [0.1, 0.15) is 0 Å². The van der Waals surface area contributed by atoms with E-state index < -0.39 is 9.84 Å². The monoisotopic (exact) mass is 440 g/mol. The predicted molar refractivity (Wildman–Crippen MR) is 114 cm³/mol. The topological polar surface area (TPSA) is 66.8 Å². The molecule has 0 N–H and O–H groups in total. The number of halogens is 1. The summed E-state index contributed by atoms with van der Waals surface area (Å²) in [7, 11) is -3.05. The third-order valence-corrected chi connectivity index (χ3v) is 9.55. The second-order valence-corrected chi connectivity index (χ2v) is 11.8. The van der Waals surface area contributed by atoms with Gasteiger partial charge in [0.05, 0.1) is 17.5 Å². The average molecular weight is 441 g/mol. The van der Waals surface area contributed by atoms with Crippen molar-refractivity contribution < 1.29 is 13.2 Å². The van der Waals surface area contributed by atoms with E-state index in [0.29, 0.717) is 29.1 Å². The first kappa shape index (κ1) is 20.2. The number of hydrogen-bond donors (Lipinski definition) is 0. The molecule has 152 valence electrons. The Labute approximate surface area is 175 Å². The molecule has 1 amide bonds. The van der Waals surface area contributed by atoms with Crippen molar-refractivity contribution >= 4 is 44.3 Å². The van der Waals surface area contributed by atoms with Crippen LogP contribution in [-0.4, -0.2) is 47.2 Å². The molecule has 1 aromatic rings. The van der Waals surface area contributed by atoms with Gasteiger partial charge in [0, 0.05) is 23.2 Å². The third-order valence-electron chi connectivity index (χ3n) is 5.93. The van der Waals surface area contributed by atoms with Crippen LogP contribution in [0.25, 0.3) is 0 Å². The smallest absolute Gasteiger partial charge is 0.248 e. The molecule has 0 unspecified atom stereocenters. The van der Waals surface area contributed by atoms with Crippen molar-refractivity contribution in [3.63, 3.8) is 0 Å². The number of sulfone groups is 1. The van der Waals surface area contributed by atoms with Gasteiger partial charge in [-0.2, -0.15) is 4.99 Å². The van der Waals surface area contributed by atoms with Crippen LogP contribution in [0.5, 0.6) is 0 Å². The van der Waals surface area contributed by atoms with Crippen LogP contribution in [0, 0.1) is 5.92 Å². The average Bonchev–Trinajstić information content (AvgIpc) is 3.32. The number of benzene rings is 1. The van der Waals surface area contributed by atoms with E-state index in [1.165, 1.54) is 37.4 Å². The minimum absolute atomic E-state index is 0.0612. The van der Waals surface area contributed by atoms with E-state index in [0.717, 1.165) is 12.0 Å². The van der Waals surface area contributed by atoms with E-state index in [2.05, 4.69) is 4.99 Å². The Hall–Kier alpha value is -1.05. The Morgan fingerprint density at radius 3 is 2.71 bits per heavy atom. The largest absolute Gasteiger partial charge is 0.342 e. The van der Waals surface area contributed by atoms with E-state index in [9.17, 15) is 13.2 Å². The van der Waals surface area contributed by atoms with Crippen molar-refractivity contribution in [2.24, 2.45) is 10.9 Å². The van der Waals surface area contributed by atoms with Crippen LogP contribution in [0.1, 0.15) is 44.1 Å². The van der Waals surface area contributed by atoms with Gasteiger partial charge in [-0.1, -0.05) is 67.2 Å². The minimum atomic E-state index is -3.05. The molecule has 1 aliphatic carbocycles. The standard InChI is InChI=1S/C20H25ClN2O3S2/c21-16-8-4-3-7-15(16)11-23-17-12-28(25,26)13-18(17)27-20(23)22-19(24)10-9-14-5-1-2-6-14/h3-4,7-8,14,17-18H,1-2,5-6,9-13H2/t17-,18-/m1/s1. The fourth-order valence-electron chi connectivity index (χ4n) is 4.42. The molecule has 4 rings (SSSR count). The zero-order valence-corrected chi connectivity index (χ0v) is 18.1. The lowest BCUT2D eigenvalue weighted by molar-refractivity contribution is -0.118. The van der Waals surface area contributed by atoms with Crippen molar-refractivity contribution in [1.29, 1.82) is 0 Å². The number of thioether (sulfide) groups is 1. The van der Waals surface area contributed by atoms with Gasteiger partial charge < -0.3 is 4.90 Å². The highest BCUT2D eigenvalue weighted by atomic mass is 35.5. The number of carbonyl (C=O) groups is 1. The van der Waals surface area contributed by atoms with E-state index >= 15 is 0 Å². The molecule has 2 aliphatic heterocycles. The Kier molecular flexibility index (Phi) is 6.04. The molecule has 0 spiro atoms. The Morgan fingerprint density at radius 1 is 1.21 bits per heavy atom. The quantitative estimate of drug-likeness (QED) is 0.694. The molecule has 3 fully saturated rings. The molecule has 0 aromatic heterocycles. The highest BCUT2D eigenvalue weighted by Crippen LogP contribution is 2.39. The molecule has 5 nitrogen and oxygen atoms in total. The summed E-state index contributed by atoms with van der Waals surface area (Å²) in [5, 5.41) is 1.24. The van der Waals surface area contributed by atoms with Crippen LogP contribution < -0.4 is 0 Å². The second-order valence-electron chi connectivity index (χ2n) is 8.00. The predicted octanol–water partition coefficient (Wildman–Crippen LogP) is 3.91. The van der Waals surface area contributed by atoms with Crippen LogP contribution in [0.3, 0.4) is 0 Å². The number of aliphatic imine (C=N–C) groups is 1. The molecule has 0 bridgehead atoms. The third kappa shape index (κ3) is 4.57. The summed E-state index contributed by atoms with van der Waals surface area (Å²) in [6.07, 6.45) is 6.37. The Bertz CT molecular complexity index is 881. The second kappa shape index (κ2) is 8.36. The molecule has 3 aliphatic rings. The number of rotatable bonds is 5. The summed E-state index contributed by atoms with van der Waals surface area (Å²) in [5.74, 6) is 0.826. The highest BCUT2D eigenvalue weighted by Gasteiger charge is 2.48. The van der Waals surface area contributed by atoms with Crippen molar-refractivity contribution in [2.75, 3.05) is 11.5 Å². The maximum absolute atomic E-state index is 12.5. The van der Waals surface area contributed by atoms with Gasteiger partial charge in [-0.25, -0.2) is 8.42 Å². The molecule has 2 heterocycles. The van der Waals surface area contributed by atoms with Crippen LogP contribution in [0.4, 0.5) is 0 Å². The number of nitrogens with zero attached hydrogens (tertiary/aromatic N) is 2. The molecular formula is C20H25ClN2O3S2. The molecular weight excluding hydrogens is 416 g/mol. The first-order valence-corrected chi connectivity index (χ1v) is 13.0. The van der Waals surface area contributed by atoms with E-state index in [1.54, 1.807) is 0 Å². The lowest BCUT2D eigenvalue weighted by atomic mass is 10.0. The highest BCUT2D eigenvalue weighted by molar-refractivity contribution is 8.15. The van der Waals surface area contributed by atoms with Crippen LogP contribution in [0.2, 0.25) is 5.02 Å². The lowest BCUT2D eigenvalue weighted by Crippen LogP contribution is -2.37. The van der Waals surface area contributed by atoms with Gasteiger partial charge in [0.2, 0.25) is 5.91 Å². The minimum Gasteiger partial charge on any atom is -0.342 e. The maximum atomic E-state index is 12.5. The number of hydrogen-bond acceptors (Lipinski definition) is 4. The number of fused-ring (bicyclic) bond motifs is 1. The summed E-state index contributed by atoms with van der Waals surface area (Å²) in [5.41, 5.74) is 0.917. The number of amides is 1. The maximum Gasteiger partial charge on any atom is 0.248 e. The fourth-order valence-corrected chi connectivity index (χ4v) is 8.58. The van der Waals surface area contributed by atoms with Gasteiger partial charge >= 0.3 is 0 Å². The number of carbonyl (C=O) groups excluding carboxylic acids is 1. The van der Waals surface area contributed by atoms with Crippen LogP contribution in [0.15, 0.2) is 29.3 Å². The summed E-state index contributed by atoms with van der Waals surface area (Å²) in [4.78, 5) is 18.9. The van der Waals surface area contributed by atoms with Crippen molar-refractivity contribution in [2.45, 2.75) is 56.4 Å². The number of amidine groups is 1. The molecule has 1 saturated carbocycles. The van der Waals surface area contributed by atoms with E-state index in [1.807, 2.05) is 29.2 Å². The van der Waals surface area contributed by atoms with Gasteiger partial charge in [-0.3, -0.25) is 4.79 Å². The summed E-state index contributed by atoms with van der Waals surface area (Å²) < 4.78 is 24.2. The SMILES string of the molecule is O=C(CCC1CCCC1)N=C1S[C@@H]2CS(=O)(=O)C[C@H]2N1Cc1ccccc1Cl. The molecule has 28 heavy (non-hydrogen) atoms. The molecule has 8 heteroatoms. The summed E-state index contributed by atoms with van der Waals surface area (Å²) in [6.45, 7) is 0.470. The first-order chi connectivity index (χ1) is 13.4. The first-order valence-electron chi connectivity index (χ1n) is 9.90. The van der Waals surface area contributed by atoms with Gasteiger partial charge in [-0.15, -0.1) is 0 Å². The Balaban J connectivity index is 1.51. The molecule has 1 aromatic carbocycles. The fraction of sp³-hybridized carbons (Fsp3) is 0.600. The van der Waals surface area contributed by atoms with Crippen LogP contribution in [-0.2, 0) is 21.2 Å². The zero-order chi connectivity index (χ0) is 19.7. The van der Waals surface area contributed by atoms with E-state index in [4.69, 9.17) is 11.6 Å². The van der Waals surface area contributed by atoms with Crippen LogP contribution >= 0.6 is 23.4 Å². The lowest BCUT2D eigenvalue weighted by Gasteiger charge is -2.25. The Morgan fingerprint density at radius 2 is 1.96 bits per heavy atom. The molecule has 2 saturated heterocycles. The van der Waals surface area contributed by atoms with Gasteiger partial charge in [-0.05, 0) is 24.0 Å². The van der Waals surface area contributed by atoms with E-state index in [-0.39, 0.29) is 28.7 Å². The van der Waals surface area contributed by atoms with Crippen molar-refractivity contribution in [3.05, 3.63) is 34.9 Å². The molecule has 0 radical (unpaired) electrons. The normalized spacial score (nSPS) is 28.2. The van der Waals surface area contributed by atoms with Gasteiger partial charge in [0.15, 0.2) is 15.0 Å². The van der Waals surface area contributed by atoms with Crippen molar-refractivity contribution in [1.82, 2.24) is 4.90 Å². The van der Waals surface area contributed by atoms with Gasteiger partial charge in [0.25, 0.3) is 0 Å². The molecule has 2 atom stereocenters. The zero-order valence-electron chi connectivity index (χ0n) is 15.7. The van der Waals surface area contributed by atoms with Crippen molar-refractivity contribution in [3.8, 4) is 0 Å². The summed E-state index contributed by atoms with van der Waals surface area (Å²) in [6, 6.07) is 7.40.